The average Bonchev–Trinajstić information content (AvgIpc) is 3.07. The molecule has 1 unspecified atom stereocenters. The number of hydrogen-bond acceptors (Lipinski definition) is 4. The number of carbonyl (C=O) groups is 2. The molecule has 1 aliphatic heterocycles. The molecule has 1 saturated heterocycles. The molecule has 114 valence electrons. The van der Waals surface area contributed by atoms with E-state index in [9.17, 15) is 14.0 Å². The van der Waals surface area contributed by atoms with E-state index in [0.29, 0.717) is 12.1 Å². The topological polar surface area (TPSA) is 80.1 Å². The predicted molar refractivity (Wildman–Crippen MR) is 74.0 cm³/mol. The molecule has 1 aromatic carbocycles. The molecule has 3 amide bonds. The number of nitrogens with zero attached hydrogens (tertiary/aromatic N) is 4. The molecular formula is C14H14FN5O2. The maximum absolute atomic E-state index is 13.0. The van der Waals surface area contributed by atoms with Crippen molar-refractivity contribution < 1.29 is 14.0 Å². The molecule has 2 heterocycles. The third kappa shape index (κ3) is 2.32. The highest BCUT2D eigenvalue weighted by atomic mass is 19.1. The highest BCUT2D eigenvalue weighted by Crippen LogP contribution is 2.28. The van der Waals surface area contributed by atoms with E-state index in [-0.39, 0.29) is 12.5 Å². The third-order valence-electron chi connectivity index (χ3n) is 3.72. The molecule has 8 heteroatoms. The van der Waals surface area contributed by atoms with Gasteiger partial charge in [0.05, 0.1) is 13.1 Å². The number of carbonyl (C=O) groups excluding carboxylic acids is 2. The summed E-state index contributed by atoms with van der Waals surface area (Å²) in [6.07, 6.45) is 2.89. The first-order valence-electron chi connectivity index (χ1n) is 6.73. The van der Waals surface area contributed by atoms with Gasteiger partial charge in [-0.1, -0.05) is 12.1 Å². The number of halogens is 1. The summed E-state index contributed by atoms with van der Waals surface area (Å²) in [6, 6.07) is 5.04. The van der Waals surface area contributed by atoms with Crippen LogP contribution in [0.2, 0.25) is 0 Å². The quantitative estimate of drug-likeness (QED) is 0.850. The fourth-order valence-electron chi connectivity index (χ4n) is 2.43. The van der Waals surface area contributed by atoms with Crippen LogP contribution < -0.4 is 5.32 Å². The molecule has 1 N–H and O–H groups in total. The number of benzene rings is 1. The number of rotatable bonds is 4. The van der Waals surface area contributed by atoms with Crippen LogP contribution in [-0.2, 0) is 16.9 Å². The van der Waals surface area contributed by atoms with Gasteiger partial charge in [0.1, 0.15) is 24.0 Å². The second-order valence-electron chi connectivity index (χ2n) is 5.18. The standard InChI is InChI=1S/C14H14FN5O2/c1-14(10-2-4-11(15)5-3-10)12(21)20(13(22)18-14)7-6-19-9-16-8-17-19/h2-5,8-9H,6-7H2,1H3,(H,18,22). The molecule has 0 aliphatic carbocycles. The molecule has 1 aromatic heterocycles. The first-order valence-corrected chi connectivity index (χ1v) is 6.73. The van der Waals surface area contributed by atoms with E-state index in [0.717, 1.165) is 4.90 Å². The van der Waals surface area contributed by atoms with E-state index >= 15 is 0 Å². The second-order valence-corrected chi connectivity index (χ2v) is 5.18. The van der Waals surface area contributed by atoms with Crippen molar-refractivity contribution in [2.45, 2.75) is 19.0 Å². The van der Waals surface area contributed by atoms with Gasteiger partial charge in [0.15, 0.2) is 0 Å². The Hall–Kier alpha value is -2.77. The van der Waals surface area contributed by atoms with Crippen LogP contribution in [0.25, 0.3) is 0 Å². The summed E-state index contributed by atoms with van der Waals surface area (Å²) in [5.41, 5.74) is -0.650. The lowest BCUT2D eigenvalue weighted by molar-refractivity contribution is -0.131. The van der Waals surface area contributed by atoms with Crippen molar-refractivity contribution >= 4 is 11.9 Å². The van der Waals surface area contributed by atoms with Crippen LogP contribution in [0, 0.1) is 5.82 Å². The molecule has 2 aromatic rings. The zero-order chi connectivity index (χ0) is 15.7. The summed E-state index contributed by atoms with van der Waals surface area (Å²) in [5.74, 6) is -0.767. The smallest absolute Gasteiger partial charge is 0.319 e. The molecule has 1 aliphatic rings. The minimum atomic E-state index is -1.19. The summed E-state index contributed by atoms with van der Waals surface area (Å²) in [6.45, 7) is 2.15. The molecule has 1 atom stereocenters. The van der Waals surface area contributed by atoms with E-state index in [2.05, 4.69) is 15.4 Å². The second kappa shape index (κ2) is 5.21. The van der Waals surface area contributed by atoms with Gasteiger partial charge in [0.25, 0.3) is 5.91 Å². The Labute approximate surface area is 125 Å². The molecule has 0 bridgehead atoms. The Kier molecular flexibility index (Phi) is 3.36. The lowest BCUT2D eigenvalue weighted by Crippen LogP contribution is -2.41. The van der Waals surface area contributed by atoms with Gasteiger partial charge in [-0.15, -0.1) is 0 Å². The average molecular weight is 303 g/mol. The largest absolute Gasteiger partial charge is 0.325 e. The Bertz CT molecular complexity index is 701. The van der Waals surface area contributed by atoms with Crippen molar-refractivity contribution in [3.8, 4) is 0 Å². The molecule has 0 spiro atoms. The summed E-state index contributed by atoms with van der Waals surface area (Å²) >= 11 is 0. The summed E-state index contributed by atoms with van der Waals surface area (Å²) in [4.78, 5) is 29.6. The maximum atomic E-state index is 13.0. The van der Waals surface area contributed by atoms with Crippen LogP contribution in [0.4, 0.5) is 9.18 Å². The summed E-state index contributed by atoms with van der Waals surface area (Å²) in [5, 5.41) is 6.59. The molecule has 0 saturated carbocycles. The van der Waals surface area contributed by atoms with Crippen molar-refractivity contribution in [2.24, 2.45) is 0 Å². The molecule has 22 heavy (non-hydrogen) atoms. The summed E-state index contributed by atoms with van der Waals surface area (Å²) in [7, 11) is 0. The molecule has 7 nitrogen and oxygen atoms in total. The fourth-order valence-corrected chi connectivity index (χ4v) is 2.43. The third-order valence-corrected chi connectivity index (χ3v) is 3.72. The number of aromatic nitrogens is 3. The van der Waals surface area contributed by atoms with Gasteiger partial charge in [-0.05, 0) is 24.6 Å². The minimum Gasteiger partial charge on any atom is -0.319 e. The first-order chi connectivity index (χ1) is 10.5. The molecular weight excluding hydrogens is 289 g/mol. The highest BCUT2D eigenvalue weighted by molar-refractivity contribution is 6.07. The molecule has 1 fully saturated rings. The fraction of sp³-hybridized carbons (Fsp3) is 0.286. The van der Waals surface area contributed by atoms with Gasteiger partial charge in [-0.25, -0.2) is 14.2 Å². The lowest BCUT2D eigenvalue weighted by Gasteiger charge is -2.22. The number of amides is 3. The highest BCUT2D eigenvalue weighted by Gasteiger charge is 2.48. The van der Waals surface area contributed by atoms with E-state index in [1.165, 1.54) is 41.6 Å². The van der Waals surface area contributed by atoms with Gasteiger partial charge in [0, 0.05) is 0 Å². The van der Waals surface area contributed by atoms with E-state index in [1.807, 2.05) is 0 Å². The van der Waals surface area contributed by atoms with Crippen molar-refractivity contribution in [3.63, 3.8) is 0 Å². The first kappa shape index (κ1) is 14.2. The van der Waals surface area contributed by atoms with Crippen LogP contribution in [0.1, 0.15) is 12.5 Å². The predicted octanol–water partition coefficient (Wildman–Crippen LogP) is 0.884. The van der Waals surface area contributed by atoms with E-state index in [1.54, 1.807) is 6.92 Å². The zero-order valence-corrected chi connectivity index (χ0v) is 11.9. The normalized spacial score (nSPS) is 21.3. The van der Waals surface area contributed by atoms with Gasteiger partial charge >= 0.3 is 6.03 Å². The van der Waals surface area contributed by atoms with Crippen LogP contribution in [-0.4, -0.2) is 38.1 Å². The number of hydrogen-bond donors (Lipinski definition) is 1. The van der Waals surface area contributed by atoms with Gasteiger partial charge in [-0.2, -0.15) is 5.10 Å². The van der Waals surface area contributed by atoms with Crippen LogP contribution in [0.3, 0.4) is 0 Å². The van der Waals surface area contributed by atoms with Crippen LogP contribution >= 0.6 is 0 Å². The van der Waals surface area contributed by atoms with Crippen LogP contribution in [0.15, 0.2) is 36.9 Å². The molecule has 3 rings (SSSR count). The van der Waals surface area contributed by atoms with Gasteiger partial charge < -0.3 is 5.32 Å². The lowest BCUT2D eigenvalue weighted by atomic mass is 9.92. The van der Waals surface area contributed by atoms with Crippen molar-refractivity contribution in [2.75, 3.05) is 6.54 Å². The van der Waals surface area contributed by atoms with E-state index < -0.39 is 17.4 Å². The van der Waals surface area contributed by atoms with Crippen molar-refractivity contribution in [3.05, 3.63) is 48.3 Å². The van der Waals surface area contributed by atoms with Gasteiger partial charge in [-0.3, -0.25) is 14.4 Å². The minimum absolute atomic E-state index is 0.185. The zero-order valence-electron chi connectivity index (χ0n) is 11.9. The molecule has 0 radical (unpaired) electrons. The maximum Gasteiger partial charge on any atom is 0.325 e. The number of imide groups is 1. The number of urea groups is 1. The summed E-state index contributed by atoms with van der Waals surface area (Å²) < 4.78 is 14.6. The van der Waals surface area contributed by atoms with Crippen molar-refractivity contribution in [1.29, 1.82) is 0 Å². The van der Waals surface area contributed by atoms with Gasteiger partial charge in [0.2, 0.25) is 0 Å². The Morgan fingerprint density at radius 1 is 1.23 bits per heavy atom. The Morgan fingerprint density at radius 2 is 1.95 bits per heavy atom. The van der Waals surface area contributed by atoms with E-state index in [4.69, 9.17) is 0 Å². The van der Waals surface area contributed by atoms with Crippen LogP contribution in [0.5, 0.6) is 0 Å². The Balaban J connectivity index is 1.79. The Morgan fingerprint density at radius 3 is 2.59 bits per heavy atom. The number of nitrogens with one attached hydrogen (secondary N) is 1. The van der Waals surface area contributed by atoms with Crippen molar-refractivity contribution in [1.82, 2.24) is 25.0 Å². The SMILES string of the molecule is CC1(c2ccc(F)cc2)NC(=O)N(CCn2cncn2)C1=O. The monoisotopic (exact) mass is 303 g/mol.